The van der Waals surface area contributed by atoms with Crippen LogP contribution in [0, 0.1) is 0 Å². The van der Waals surface area contributed by atoms with E-state index >= 15 is 0 Å². The zero-order valence-electron chi connectivity index (χ0n) is 18.1. The minimum absolute atomic E-state index is 0.351. The van der Waals surface area contributed by atoms with Crippen LogP contribution in [0.1, 0.15) is 17.2 Å². The van der Waals surface area contributed by atoms with Gasteiger partial charge in [0, 0.05) is 37.0 Å². The van der Waals surface area contributed by atoms with Gasteiger partial charge < -0.3 is 19.5 Å². The van der Waals surface area contributed by atoms with Gasteiger partial charge in [-0.2, -0.15) is 0 Å². The Kier molecular flexibility index (Phi) is 7.01. The van der Waals surface area contributed by atoms with Crippen molar-refractivity contribution < 1.29 is 23.8 Å². The average Bonchev–Trinajstić information content (AvgIpc) is 2.84. The number of aromatic nitrogens is 1. The summed E-state index contributed by atoms with van der Waals surface area (Å²) in [4.78, 5) is 29.0. The maximum atomic E-state index is 12.1. The van der Waals surface area contributed by atoms with E-state index < -0.39 is 12.1 Å². The molecular formula is C24H24N4O5. The van der Waals surface area contributed by atoms with Gasteiger partial charge in [0.15, 0.2) is 0 Å². The fourth-order valence-corrected chi connectivity index (χ4v) is 3.53. The summed E-state index contributed by atoms with van der Waals surface area (Å²) in [6.45, 7) is 1.47. The van der Waals surface area contributed by atoms with E-state index in [0.29, 0.717) is 37.9 Å². The summed E-state index contributed by atoms with van der Waals surface area (Å²) >= 11 is 0. The zero-order valence-corrected chi connectivity index (χ0v) is 18.1. The number of fused-ring (bicyclic) bond motifs is 1. The van der Waals surface area contributed by atoms with E-state index in [4.69, 9.17) is 14.2 Å². The Morgan fingerprint density at radius 2 is 2.00 bits per heavy atom. The number of hydrogen-bond acceptors (Lipinski definition) is 7. The molecule has 0 fully saturated rings. The number of imide groups is 1. The summed E-state index contributed by atoms with van der Waals surface area (Å²) in [6.07, 6.45) is 2.01. The Bertz CT molecular complexity index is 1090. The first-order valence-electron chi connectivity index (χ1n) is 10.4. The Morgan fingerprint density at radius 1 is 1.18 bits per heavy atom. The lowest BCUT2D eigenvalue weighted by Gasteiger charge is -2.32. The molecule has 0 aliphatic carbocycles. The van der Waals surface area contributed by atoms with Crippen LogP contribution in [0.25, 0.3) is 0 Å². The minimum atomic E-state index is -0.577. The highest BCUT2D eigenvalue weighted by molar-refractivity contribution is 5.84. The maximum absolute atomic E-state index is 12.1. The van der Waals surface area contributed by atoms with Gasteiger partial charge in [0.25, 0.3) is 0 Å². The van der Waals surface area contributed by atoms with Gasteiger partial charge in [0.1, 0.15) is 24.0 Å². The number of benzene rings is 2. The van der Waals surface area contributed by atoms with Crippen molar-refractivity contribution in [1.29, 1.82) is 0 Å². The second-order valence-electron chi connectivity index (χ2n) is 7.39. The van der Waals surface area contributed by atoms with Crippen molar-refractivity contribution in [2.75, 3.05) is 20.4 Å². The Hall–Kier alpha value is -4.11. The molecule has 0 bridgehead atoms. The highest BCUT2D eigenvalue weighted by atomic mass is 16.5. The number of nitrogens with zero attached hydrogens (tertiary/aromatic N) is 2. The molecule has 1 aromatic heterocycles. The molecule has 3 aromatic rings. The van der Waals surface area contributed by atoms with Gasteiger partial charge in [-0.25, -0.2) is 9.78 Å². The van der Waals surface area contributed by atoms with Gasteiger partial charge in [0.05, 0.1) is 13.2 Å². The summed E-state index contributed by atoms with van der Waals surface area (Å²) in [5, 5.41) is 4.97. The molecule has 0 unspecified atom stereocenters. The first kappa shape index (κ1) is 22.1. The van der Waals surface area contributed by atoms with Gasteiger partial charge >= 0.3 is 6.03 Å². The standard InChI is InChI=1S/C24H24N4O5/c1-31-20-10-7-18-13-28(16-32-22(18)12-20)14-21(27-24(30)26-15-29)17-5-8-19(9-6-17)33-23-4-2-3-11-25-23/h2-12,15,21H,13-14,16H2,1H3,(H2,26,27,29,30)/t21-/m0/s1. The van der Waals surface area contributed by atoms with Gasteiger partial charge in [-0.3, -0.25) is 15.0 Å². The van der Waals surface area contributed by atoms with E-state index in [9.17, 15) is 9.59 Å². The first-order chi connectivity index (χ1) is 16.1. The number of carbonyl (C=O) groups excluding carboxylic acids is 2. The highest BCUT2D eigenvalue weighted by Gasteiger charge is 2.23. The number of ether oxygens (including phenoxy) is 3. The molecule has 2 aromatic carbocycles. The predicted octanol–water partition coefficient (Wildman–Crippen LogP) is 3.23. The lowest BCUT2D eigenvalue weighted by Crippen LogP contribution is -2.44. The lowest BCUT2D eigenvalue weighted by atomic mass is 10.1. The van der Waals surface area contributed by atoms with Crippen LogP contribution in [0.5, 0.6) is 23.1 Å². The topological polar surface area (TPSA) is 102 Å². The Labute approximate surface area is 191 Å². The maximum Gasteiger partial charge on any atom is 0.321 e. The molecule has 1 aliphatic heterocycles. The molecule has 1 atom stereocenters. The summed E-state index contributed by atoms with van der Waals surface area (Å²) in [5.41, 5.74) is 1.88. The normalized spacial score (nSPS) is 13.7. The van der Waals surface area contributed by atoms with Crippen molar-refractivity contribution in [3.05, 3.63) is 78.0 Å². The Morgan fingerprint density at radius 3 is 2.73 bits per heavy atom. The molecule has 0 saturated heterocycles. The SMILES string of the molecule is COc1ccc2c(c1)OCN(C[C@H](NC(=O)NC=O)c1ccc(Oc3ccccn3)cc1)C2. The predicted molar refractivity (Wildman–Crippen MR) is 120 cm³/mol. The van der Waals surface area contributed by atoms with Gasteiger partial charge in [-0.05, 0) is 29.8 Å². The smallest absolute Gasteiger partial charge is 0.321 e. The lowest BCUT2D eigenvalue weighted by molar-refractivity contribution is -0.108. The van der Waals surface area contributed by atoms with Gasteiger partial charge in [-0.1, -0.05) is 24.3 Å². The van der Waals surface area contributed by atoms with Crippen molar-refractivity contribution in [1.82, 2.24) is 20.5 Å². The molecule has 0 spiro atoms. The summed E-state index contributed by atoms with van der Waals surface area (Å²) in [6, 6.07) is 17.5. The number of carbonyl (C=O) groups is 2. The van der Waals surface area contributed by atoms with Crippen molar-refractivity contribution in [2.45, 2.75) is 12.6 Å². The molecule has 2 heterocycles. The van der Waals surface area contributed by atoms with E-state index in [-0.39, 0.29) is 0 Å². The second kappa shape index (κ2) is 10.5. The van der Waals surface area contributed by atoms with Crippen LogP contribution < -0.4 is 24.8 Å². The third kappa shape index (κ3) is 5.78. The average molecular weight is 448 g/mol. The quantitative estimate of drug-likeness (QED) is 0.510. The van der Waals surface area contributed by atoms with E-state index in [0.717, 1.165) is 22.6 Å². The molecular weight excluding hydrogens is 424 g/mol. The van der Waals surface area contributed by atoms with Crippen LogP contribution in [0.3, 0.4) is 0 Å². The van der Waals surface area contributed by atoms with Crippen molar-refractivity contribution in [2.24, 2.45) is 0 Å². The third-order valence-corrected chi connectivity index (χ3v) is 5.15. The molecule has 4 rings (SSSR count). The van der Waals surface area contributed by atoms with Crippen LogP contribution in [0.4, 0.5) is 4.79 Å². The molecule has 9 heteroatoms. The van der Waals surface area contributed by atoms with Crippen molar-refractivity contribution >= 4 is 12.4 Å². The third-order valence-electron chi connectivity index (χ3n) is 5.15. The van der Waals surface area contributed by atoms with E-state index in [1.54, 1.807) is 19.4 Å². The number of rotatable bonds is 8. The van der Waals surface area contributed by atoms with Crippen LogP contribution in [0.2, 0.25) is 0 Å². The largest absolute Gasteiger partial charge is 0.497 e. The monoisotopic (exact) mass is 448 g/mol. The molecule has 3 amide bonds. The van der Waals surface area contributed by atoms with Crippen LogP contribution >= 0.6 is 0 Å². The first-order valence-corrected chi connectivity index (χ1v) is 10.4. The fourth-order valence-electron chi connectivity index (χ4n) is 3.53. The van der Waals surface area contributed by atoms with Gasteiger partial charge in [-0.15, -0.1) is 0 Å². The summed E-state index contributed by atoms with van der Waals surface area (Å²) in [7, 11) is 1.62. The van der Waals surface area contributed by atoms with Gasteiger partial charge in [0.2, 0.25) is 12.3 Å². The van der Waals surface area contributed by atoms with Crippen molar-refractivity contribution in [3.63, 3.8) is 0 Å². The summed E-state index contributed by atoms with van der Waals surface area (Å²) in [5.74, 6) is 2.63. The highest BCUT2D eigenvalue weighted by Crippen LogP contribution is 2.30. The molecule has 9 nitrogen and oxygen atoms in total. The molecule has 170 valence electrons. The minimum Gasteiger partial charge on any atom is -0.497 e. The second-order valence-corrected chi connectivity index (χ2v) is 7.39. The number of hydrogen-bond donors (Lipinski definition) is 2. The molecule has 1 aliphatic rings. The fraction of sp³-hybridized carbons (Fsp3) is 0.208. The zero-order chi connectivity index (χ0) is 23.0. The van der Waals surface area contributed by atoms with Crippen LogP contribution in [-0.2, 0) is 11.3 Å². The Balaban J connectivity index is 1.47. The van der Waals surface area contributed by atoms with Crippen LogP contribution in [-0.4, -0.2) is 42.7 Å². The molecule has 0 saturated carbocycles. The van der Waals surface area contributed by atoms with E-state index in [1.807, 2.05) is 54.6 Å². The van der Waals surface area contributed by atoms with E-state index in [1.165, 1.54) is 0 Å². The number of urea groups is 1. The molecule has 2 N–H and O–H groups in total. The summed E-state index contributed by atoms with van der Waals surface area (Å²) < 4.78 is 16.9. The number of nitrogens with one attached hydrogen (secondary N) is 2. The van der Waals surface area contributed by atoms with Crippen molar-refractivity contribution in [3.8, 4) is 23.1 Å². The molecule has 33 heavy (non-hydrogen) atoms. The van der Waals surface area contributed by atoms with Crippen LogP contribution in [0.15, 0.2) is 66.9 Å². The number of methoxy groups -OCH3 is 1. The number of pyridine rings is 1. The van der Waals surface area contributed by atoms with E-state index in [2.05, 4.69) is 20.5 Å². The molecule has 0 radical (unpaired) electrons. The number of amides is 3.